The summed E-state index contributed by atoms with van der Waals surface area (Å²) in [5, 5.41) is 11.0. The van der Waals surface area contributed by atoms with Crippen molar-refractivity contribution >= 4 is 29.4 Å². The lowest BCUT2D eigenvalue weighted by atomic mass is 10.1. The largest absolute Gasteiger partial charge is 0.463 e. The number of nitrogens with zero attached hydrogens (tertiary/aromatic N) is 2. The zero-order chi connectivity index (χ0) is 19.3. The summed E-state index contributed by atoms with van der Waals surface area (Å²) >= 11 is 0. The molecule has 1 aliphatic rings. The lowest BCUT2D eigenvalue weighted by Crippen LogP contribution is -2.36. The standard InChI is InChI=1S/C16H16N2O8/c1-2-3-7-25-13(20)9-26-12(19)8-17-15(21)10-5-4-6-11(18(23)24)14(10)16(17)22/h4-6H,2-3,7-9H2,1H3. The fourth-order valence-electron chi connectivity index (χ4n) is 2.30. The Morgan fingerprint density at radius 1 is 1.15 bits per heavy atom. The van der Waals surface area contributed by atoms with E-state index in [-0.39, 0.29) is 17.7 Å². The molecule has 0 spiro atoms. The van der Waals surface area contributed by atoms with E-state index in [2.05, 4.69) is 4.74 Å². The molecule has 2 rings (SSSR count). The molecule has 1 aromatic carbocycles. The van der Waals surface area contributed by atoms with Gasteiger partial charge in [0.05, 0.1) is 17.1 Å². The Balaban J connectivity index is 1.98. The molecule has 1 aliphatic heterocycles. The van der Waals surface area contributed by atoms with E-state index in [0.29, 0.717) is 11.3 Å². The van der Waals surface area contributed by atoms with Crippen LogP contribution in [0.2, 0.25) is 0 Å². The second-order valence-electron chi connectivity index (χ2n) is 5.39. The van der Waals surface area contributed by atoms with Crippen molar-refractivity contribution in [3.8, 4) is 0 Å². The van der Waals surface area contributed by atoms with Crippen LogP contribution in [0.1, 0.15) is 40.5 Å². The van der Waals surface area contributed by atoms with E-state index in [1.165, 1.54) is 12.1 Å². The van der Waals surface area contributed by atoms with Crippen LogP contribution in [0.4, 0.5) is 5.69 Å². The van der Waals surface area contributed by atoms with Gasteiger partial charge >= 0.3 is 11.9 Å². The summed E-state index contributed by atoms with van der Waals surface area (Å²) in [6.45, 7) is 0.715. The van der Waals surface area contributed by atoms with Crippen LogP contribution in [-0.2, 0) is 19.1 Å². The molecule has 0 saturated heterocycles. The van der Waals surface area contributed by atoms with Gasteiger partial charge in [0.25, 0.3) is 17.5 Å². The number of nitro groups is 1. The summed E-state index contributed by atoms with van der Waals surface area (Å²) in [6.07, 6.45) is 1.51. The molecule has 0 aliphatic carbocycles. The number of amides is 2. The van der Waals surface area contributed by atoms with E-state index in [9.17, 15) is 29.3 Å². The summed E-state index contributed by atoms with van der Waals surface area (Å²) in [7, 11) is 0. The Kier molecular flexibility index (Phi) is 5.99. The van der Waals surface area contributed by atoms with Crippen molar-refractivity contribution in [1.29, 1.82) is 0 Å². The average molecular weight is 364 g/mol. The van der Waals surface area contributed by atoms with Gasteiger partial charge in [-0.3, -0.25) is 29.4 Å². The number of fused-ring (bicyclic) bond motifs is 1. The molecule has 0 aromatic heterocycles. The molecule has 26 heavy (non-hydrogen) atoms. The maximum atomic E-state index is 12.3. The molecule has 0 fully saturated rings. The van der Waals surface area contributed by atoms with E-state index in [4.69, 9.17) is 4.74 Å². The highest BCUT2D eigenvalue weighted by Crippen LogP contribution is 2.30. The van der Waals surface area contributed by atoms with E-state index in [0.717, 1.165) is 12.5 Å². The highest BCUT2D eigenvalue weighted by atomic mass is 16.6. The average Bonchev–Trinajstić information content (AvgIpc) is 2.85. The van der Waals surface area contributed by atoms with Crippen molar-refractivity contribution in [2.24, 2.45) is 0 Å². The smallest absolute Gasteiger partial charge is 0.344 e. The molecule has 0 saturated carbocycles. The molecular weight excluding hydrogens is 348 g/mol. The number of ether oxygens (including phenoxy) is 2. The molecule has 1 aromatic rings. The van der Waals surface area contributed by atoms with Crippen molar-refractivity contribution in [3.63, 3.8) is 0 Å². The summed E-state index contributed by atoms with van der Waals surface area (Å²) in [5.74, 6) is -3.55. The summed E-state index contributed by atoms with van der Waals surface area (Å²) in [5.41, 5.74) is -1.04. The zero-order valence-corrected chi connectivity index (χ0v) is 13.9. The lowest BCUT2D eigenvalue weighted by molar-refractivity contribution is -0.385. The van der Waals surface area contributed by atoms with Crippen molar-refractivity contribution in [1.82, 2.24) is 4.90 Å². The molecular formula is C16H16N2O8. The highest BCUT2D eigenvalue weighted by Gasteiger charge is 2.41. The first-order chi connectivity index (χ1) is 12.4. The third-order valence-corrected chi connectivity index (χ3v) is 3.57. The number of hydrogen-bond donors (Lipinski definition) is 0. The zero-order valence-electron chi connectivity index (χ0n) is 13.9. The molecule has 0 bridgehead atoms. The lowest BCUT2D eigenvalue weighted by Gasteiger charge is -2.12. The number of esters is 2. The number of carbonyl (C=O) groups is 4. The monoisotopic (exact) mass is 364 g/mol. The third kappa shape index (κ3) is 4.02. The van der Waals surface area contributed by atoms with Crippen LogP contribution in [0.5, 0.6) is 0 Å². The topological polar surface area (TPSA) is 133 Å². The Morgan fingerprint density at radius 3 is 2.54 bits per heavy atom. The van der Waals surface area contributed by atoms with Crippen LogP contribution in [-0.4, -0.2) is 53.3 Å². The third-order valence-electron chi connectivity index (χ3n) is 3.57. The van der Waals surface area contributed by atoms with E-state index < -0.39 is 47.5 Å². The normalized spacial score (nSPS) is 12.7. The van der Waals surface area contributed by atoms with Crippen LogP contribution in [0.3, 0.4) is 0 Å². The molecule has 0 atom stereocenters. The summed E-state index contributed by atoms with van der Waals surface area (Å²) in [4.78, 5) is 58.4. The number of unbranched alkanes of at least 4 members (excludes halogenated alkanes) is 1. The fourth-order valence-corrected chi connectivity index (χ4v) is 2.30. The predicted molar refractivity (Wildman–Crippen MR) is 85.3 cm³/mol. The maximum Gasteiger partial charge on any atom is 0.344 e. The Morgan fingerprint density at radius 2 is 1.88 bits per heavy atom. The highest BCUT2D eigenvalue weighted by molar-refractivity contribution is 6.24. The van der Waals surface area contributed by atoms with Crippen molar-refractivity contribution in [2.75, 3.05) is 19.8 Å². The Hall–Kier alpha value is -3.30. The molecule has 138 valence electrons. The van der Waals surface area contributed by atoms with Gasteiger partial charge < -0.3 is 9.47 Å². The predicted octanol–water partition coefficient (Wildman–Crippen LogP) is 1.08. The first-order valence-electron chi connectivity index (χ1n) is 7.81. The van der Waals surface area contributed by atoms with Gasteiger partial charge in [0.15, 0.2) is 6.61 Å². The minimum atomic E-state index is -1.00. The Labute approximate surface area is 147 Å². The van der Waals surface area contributed by atoms with Gasteiger partial charge in [0.2, 0.25) is 0 Å². The minimum Gasteiger partial charge on any atom is -0.463 e. The van der Waals surface area contributed by atoms with Gasteiger partial charge in [-0.25, -0.2) is 4.79 Å². The second kappa shape index (κ2) is 8.19. The fraction of sp³-hybridized carbons (Fsp3) is 0.375. The second-order valence-corrected chi connectivity index (χ2v) is 5.39. The van der Waals surface area contributed by atoms with Crippen LogP contribution in [0.15, 0.2) is 18.2 Å². The number of rotatable bonds is 8. The molecule has 0 unspecified atom stereocenters. The molecule has 2 amide bonds. The van der Waals surface area contributed by atoms with Gasteiger partial charge in [-0.15, -0.1) is 0 Å². The van der Waals surface area contributed by atoms with E-state index in [1.54, 1.807) is 0 Å². The number of hydrogen-bond acceptors (Lipinski definition) is 8. The van der Waals surface area contributed by atoms with E-state index in [1.807, 2.05) is 6.92 Å². The first kappa shape index (κ1) is 19.0. The summed E-state index contributed by atoms with van der Waals surface area (Å²) in [6, 6.07) is 3.63. The molecule has 0 radical (unpaired) electrons. The van der Waals surface area contributed by atoms with Crippen LogP contribution in [0.25, 0.3) is 0 Å². The number of carbonyl (C=O) groups excluding carboxylic acids is 4. The summed E-state index contributed by atoms with van der Waals surface area (Å²) < 4.78 is 9.48. The van der Waals surface area contributed by atoms with E-state index >= 15 is 0 Å². The minimum absolute atomic E-state index is 0.157. The molecule has 10 heteroatoms. The van der Waals surface area contributed by atoms with Gasteiger partial charge in [0, 0.05) is 6.07 Å². The van der Waals surface area contributed by atoms with Gasteiger partial charge in [-0.1, -0.05) is 19.4 Å². The molecule has 1 heterocycles. The van der Waals surface area contributed by atoms with Crippen molar-refractivity contribution in [3.05, 3.63) is 39.4 Å². The van der Waals surface area contributed by atoms with Crippen LogP contribution < -0.4 is 0 Å². The van der Waals surface area contributed by atoms with Crippen LogP contribution in [0, 0.1) is 10.1 Å². The number of nitro benzene ring substituents is 1. The Bertz CT molecular complexity index is 774. The van der Waals surface area contributed by atoms with Crippen molar-refractivity contribution < 1.29 is 33.6 Å². The van der Waals surface area contributed by atoms with Crippen LogP contribution >= 0.6 is 0 Å². The SMILES string of the molecule is CCCCOC(=O)COC(=O)CN1C(=O)c2cccc([N+](=O)[O-])c2C1=O. The number of benzene rings is 1. The quantitative estimate of drug-likeness (QED) is 0.220. The van der Waals surface area contributed by atoms with Gasteiger partial charge in [0.1, 0.15) is 12.1 Å². The maximum absolute atomic E-state index is 12.3. The first-order valence-corrected chi connectivity index (χ1v) is 7.81. The molecule has 0 N–H and O–H groups in total. The number of imide groups is 1. The molecule has 10 nitrogen and oxygen atoms in total. The van der Waals surface area contributed by atoms with Gasteiger partial charge in [-0.05, 0) is 12.5 Å². The van der Waals surface area contributed by atoms with Gasteiger partial charge in [-0.2, -0.15) is 0 Å². The van der Waals surface area contributed by atoms with Crippen molar-refractivity contribution in [2.45, 2.75) is 19.8 Å².